The minimum Gasteiger partial charge on any atom is -0.487 e. The molecule has 2 amide bonds. The number of ether oxygens (including phenoxy) is 1. The Balaban J connectivity index is 1.59. The molecule has 1 aromatic carbocycles. The Kier molecular flexibility index (Phi) is 5.13. The summed E-state index contributed by atoms with van der Waals surface area (Å²) in [7, 11) is 0. The molecule has 0 aliphatic carbocycles. The molecule has 1 aliphatic rings. The highest BCUT2D eigenvalue weighted by atomic mass is 19.1. The van der Waals surface area contributed by atoms with Crippen molar-refractivity contribution in [2.24, 2.45) is 0 Å². The number of nitrogens with one attached hydrogen (secondary N) is 2. The minimum atomic E-state index is -1.35. The second kappa shape index (κ2) is 7.75. The van der Waals surface area contributed by atoms with E-state index in [2.05, 4.69) is 15.6 Å². The predicted octanol–water partition coefficient (Wildman–Crippen LogP) is 1.84. The van der Waals surface area contributed by atoms with Gasteiger partial charge in [0.2, 0.25) is 5.91 Å². The van der Waals surface area contributed by atoms with Crippen LogP contribution < -0.4 is 15.4 Å². The number of furan rings is 1. The van der Waals surface area contributed by atoms with Gasteiger partial charge in [0.15, 0.2) is 0 Å². The van der Waals surface area contributed by atoms with Crippen LogP contribution in [0.2, 0.25) is 0 Å². The van der Waals surface area contributed by atoms with Gasteiger partial charge in [0.25, 0.3) is 5.91 Å². The molecule has 4 rings (SSSR count). The van der Waals surface area contributed by atoms with E-state index < -0.39 is 29.8 Å². The average molecular weight is 413 g/mol. The van der Waals surface area contributed by atoms with Gasteiger partial charge in [-0.25, -0.2) is 4.39 Å². The quantitative estimate of drug-likeness (QED) is 0.568. The van der Waals surface area contributed by atoms with Crippen molar-refractivity contribution in [3.63, 3.8) is 0 Å². The number of nitrogens with zero attached hydrogens (tertiary/aromatic N) is 1. The molecule has 3 heterocycles. The lowest BCUT2D eigenvalue weighted by atomic mass is 9.97. The van der Waals surface area contributed by atoms with Gasteiger partial charge in [0.05, 0.1) is 24.1 Å². The lowest BCUT2D eigenvalue weighted by Gasteiger charge is -2.24. The molecule has 1 aliphatic heterocycles. The molecule has 30 heavy (non-hydrogen) atoms. The van der Waals surface area contributed by atoms with Crippen molar-refractivity contribution in [3.8, 4) is 5.75 Å². The zero-order chi connectivity index (χ0) is 21.3. The van der Waals surface area contributed by atoms with E-state index in [1.54, 1.807) is 25.1 Å². The monoisotopic (exact) mass is 413 g/mol. The van der Waals surface area contributed by atoms with E-state index in [1.807, 2.05) is 0 Å². The van der Waals surface area contributed by atoms with Crippen LogP contribution in [0, 0.1) is 12.7 Å². The van der Waals surface area contributed by atoms with Gasteiger partial charge in [-0.15, -0.1) is 0 Å². The number of carbonyl (C=O) groups excluding carboxylic acids is 2. The summed E-state index contributed by atoms with van der Waals surface area (Å²) in [5.74, 6) is -0.513. The molecule has 2 aromatic heterocycles. The average Bonchev–Trinajstić information content (AvgIpc) is 3.26. The number of hydrogen-bond donors (Lipinski definition) is 3. The molecular weight excluding hydrogens is 393 g/mol. The Labute approximate surface area is 171 Å². The summed E-state index contributed by atoms with van der Waals surface area (Å²) in [6.45, 7) is 1.65. The number of aliphatic hydroxyl groups is 1. The number of aliphatic hydroxyl groups excluding tert-OH is 1. The molecule has 0 spiro atoms. The molecule has 0 radical (unpaired) electrons. The molecule has 1 atom stereocenters. The van der Waals surface area contributed by atoms with Gasteiger partial charge in [-0.2, -0.15) is 0 Å². The zero-order valence-corrected chi connectivity index (χ0v) is 16.2. The second-order valence-corrected chi connectivity index (χ2v) is 7.15. The summed E-state index contributed by atoms with van der Waals surface area (Å²) >= 11 is 0. The fourth-order valence-electron chi connectivity index (χ4n) is 3.48. The Bertz CT molecular complexity index is 1110. The Morgan fingerprint density at radius 1 is 1.40 bits per heavy atom. The van der Waals surface area contributed by atoms with E-state index in [1.165, 1.54) is 12.1 Å². The number of aryl methyl sites for hydroxylation is 1. The summed E-state index contributed by atoms with van der Waals surface area (Å²) in [6, 6.07) is 7.85. The first kappa shape index (κ1) is 19.8. The van der Waals surface area contributed by atoms with Gasteiger partial charge >= 0.3 is 0 Å². The van der Waals surface area contributed by atoms with Crippen LogP contribution >= 0.6 is 0 Å². The zero-order valence-electron chi connectivity index (χ0n) is 16.2. The summed E-state index contributed by atoms with van der Waals surface area (Å²) in [6.07, 6.45) is 1.40. The van der Waals surface area contributed by atoms with Crippen LogP contribution in [0.25, 0.3) is 11.0 Å². The third kappa shape index (κ3) is 3.59. The number of hydrogen-bond acceptors (Lipinski definition) is 6. The van der Waals surface area contributed by atoms with Gasteiger partial charge in [-0.05, 0) is 43.7 Å². The van der Waals surface area contributed by atoms with Gasteiger partial charge < -0.3 is 24.9 Å². The van der Waals surface area contributed by atoms with Gasteiger partial charge in [0, 0.05) is 11.9 Å². The molecule has 8 nitrogen and oxygen atoms in total. The van der Waals surface area contributed by atoms with Gasteiger partial charge in [0.1, 0.15) is 35.1 Å². The summed E-state index contributed by atoms with van der Waals surface area (Å²) in [5, 5.41) is 15.5. The van der Waals surface area contributed by atoms with Gasteiger partial charge in [-0.3, -0.25) is 14.6 Å². The minimum absolute atomic E-state index is 0.123. The van der Waals surface area contributed by atoms with Crippen molar-refractivity contribution >= 4 is 22.8 Å². The summed E-state index contributed by atoms with van der Waals surface area (Å²) in [5.41, 5.74) is -0.0492. The van der Waals surface area contributed by atoms with Crippen molar-refractivity contribution in [1.29, 1.82) is 0 Å². The molecule has 0 saturated carbocycles. The fraction of sp³-hybridized carbons (Fsp3) is 0.286. The van der Waals surface area contributed by atoms with Crippen molar-refractivity contribution in [3.05, 3.63) is 59.4 Å². The normalized spacial score (nSPS) is 18.4. The van der Waals surface area contributed by atoms with Crippen LogP contribution in [0.5, 0.6) is 5.75 Å². The lowest BCUT2D eigenvalue weighted by molar-refractivity contribution is -0.125. The van der Waals surface area contributed by atoms with E-state index >= 15 is 0 Å². The molecule has 1 unspecified atom stereocenters. The summed E-state index contributed by atoms with van der Waals surface area (Å²) < 4.78 is 24.4. The van der Waals surface area contributed by atoms with Gasteiger partial charge in [-0.1, -0.05) is 0 Å². The maximum Gasteiger partial charge on any atom is 0.256 e. The van der Waals surface area contributed by atoms with Crippen molar-refractivity contribution in [1.82, 2.24) is 15.6 Å². The molecule has 3 aromatic rings. The van der Waals surface area contributed by atoms with Crippen LogP contribution in [0.3, 0.4) is 0 Å². The van der Waals surface area contributed by atoms with Crippen molar-refractivity contribution in [2.45, 2.75) is 25.5 Å². The van der Waals surface area contributed by atoms with E-state index in [0.717, 1.165) is 6.20 Å². The first-order chi connectivity index (χ1) is 14.4. The molecule has 1 fully saturated rings. The first-order valence-corrected chi connectivity index (χ1v) is 9.40. The molecule has 1 saturated heterocycles. The van der Waals surface area contributed by atoms with Crippen molar-refractivity contribution < 1.29 is 28.2 Å². The van der Waals surface area contributed by atoms with Crippen LogP contribution in [-0.4, -0.2) is 40.6 Å². The molecular formula is C21H20FN3O5. The van der Waals surface area contributed by atoms with Crippen molar-refractivity contribution in [2.75, 3.05) is 13.2 Å². The summed E-state index contributed by atoms with van der Waals surface area (Å²) in [4.78, 5) is 29.0. The predicted molar refractivity (Wildman–Crippen MR) is 104 cm³/mol. The Morgan fingerprint density at radius 3 is 2.90 bits per heavy atom. The van der Waals surface area contributed by atoms with Crippen LogP contribution in [0.15, 0.2) is 40.9 Å². The Hall–Kier alpha value is -3.46. The SMILES string of the molecule is Cc1oc2ccc(OCc3ccc(F)cn3)cc2c1C(=O)NC1(CO)CCNC1=O. The smallest absolute Gasteiger partial charge is 0.256 e. The van der Waals surface area contributed by atoms with E-state index in [4.69, 9.17) is 9.15 Å². The topological polar surface area (TPSA) is 114 Å². The third-order valence-electron chi connectivity index (χ3n) is 5.13. The standard InChI is InChI=1S/C21H20FN3O5/c1-12-18(19(27)25-21(11-26)6-7-23-20(21)28)16-8-15(4-5-17(16)30-12)29-10-14-3-2-13(22)9-24-14/h2-5,8-9,26H,6-7,10-11H2,1H3,(H,23,28)(H,25,27). The number of aromatic nitrogens is 1. The van der Waals surface area contributed by atoms with E-state index in [-0.39, 0.29) is 12.2 Å². The lowest BCUT2D eigenvalue weighted by Crippen LogP contribution is -2.56. The number of amides is 2. The van der Waals surface area contributed by atoms with E-state index in [9.17, 15) is 19.1 Å². The van der Waals surface area contributed by atoms with E-state index in [0.29, 0.717) is 41.1 Å². The first-order valence-electron chi connectivity index (χ1n) is 9.40. The molecule has 9 heteroatoms. The largest absolute Gasteiger partial charge is 0.487 e. The number of pyridine rings is 1. The molecule has 0 bridgehead atoms. The highest BCUT2D eigenvalue weighted by molar-refractivity contribution is 6.09. The second-order valence-electron chi connectivity index (χ2n) is 7.15. The third-order valence-corrected chi connectivity index (χ3v) is 5.13. The Morgan fingerprint density at radius 2 is 2.23 bits per heavy atom. The van der Waals surface area contributed by atoms with Crippen LogP contribution in [-0.2, 0) is 11.4 Å². The number of benzene rings is 1. The number of halogens is 1. The maximum atomic E-state index is 13.0. The van der Waals surface area contributed by atoms with Crippen LogP contribution in [0.1, 0.15) is 28.2 Å². The fourth-order valence-corrected chi connectivity index (χ4v) is 3.48. The number of carbonyl (C=O) groups is 2. The maximum absolute atomic E-state index is 13.0. The van der Waals surface area contributed by atoms with Crippen LogP contribution in [0.4, 0.5) is 4.39 Å². The molecule has 156 valence electrons. The highest BCUT2D eigenvalue weighted by Gasteiger charge is 2.44. The number of fused-ring (bicyclic) bond motifs is 1. The number of rotatable bonds is 6. The highest BCUT2D eigenvalue weighted by Crippen LogP contribution is 2.30. The molecule has 3 N–H and O–H groups in total.